The Kier molecular flexibility index (Phi) is 3.58. The highest BCUT2D eigenvalue weighted by molar-refractivity contribution is 6.14. The second-order valence-corrected chi connectivity index (χ2v) is 5.70. The average Bonchev–Trinajstić information content (AvgIpc) is 2.96. The Morgan fingerprint density at radius 3 is 2.12 bits per heavy atom. The summed E-state index contributed by atoms with van der Waals surface area (Å²) in [6, 6.07) is 24.5. The summed E-state index contributed by atoms with van der Waals surface area (Å²) in [7, 11) is 0. The third-order valence-corrected chi connectivity index (χ3v) is 4.27. The van der Waals surface area contributed by atoms with Crippen LogP contribution in [0.25, 0.3) is 0 Å². The van der Waals surface area contributed by atoms with E-state index in [1.807, 2.05) is 12.1 Å². The number of esters is 2. The number of carbonyl (C=O) groups is 2. The Hall–Kier alpha value is -3.40. The number of hydrogen-bond acceptors (Lipinski definition) is 4. The number of hydrogen-bond donors (Lipinski definition) is 0. The summed E-state index contributed by atoms with van der Waals surface area (Å²) < 4.78 is 10.9. The molecule has 25 heavy (non-hydrogen) atoms. The molecule has 0 saturated carbocycles. The van der Waals surface area contributed by atoms with Crippen LogP contribution in [0.5, 0.6) is 11.5 Å². The van der Waals surface area contributed by atoms with Gasteiger partial charge in [-0.25, -0.2) is 9.59 Å². The number of rotatable bonds is 3. The molecule has 1 heterocycles. The topological polar surface area (TPSA) is 52.6 Å². The molecule has 3 aromatic carbocycles. The van der Waals surface area contributed by atoms with Gasteiger partial charge in [-0.2, -0.15) is 0 Å². The fourth-order valence-electron chi connectivity index (χ4n) is 3.10. The molecule has 0 spiro atoms. The molecule has 1 aliphatic heterocycles. The predicted octanol–water partition coefficient (Wildman–Crippen LogP) is 3.50. The molecule has 0 radical (unpaired) electrons. The molecule has 4 nitrogen and oxygen atoms in total. The van der Waals surface area contributed by atoms with Crippen molar-refractivity contribution in [3.05, 3.63) is 96.1 Å². The van der Waals surface area contributed by atoms with E-state index in [-0.39, 0.29) is 0 Å². The van der Waals surface area contributed by atoms with Crippen LogP contribution in [0.3, 0.4) is 0 Å². The largest absolute Gasteiger partial charge is 0.425 e. The molecule has 1 aliphatic rings. The summed E-state index contributed by atoms with van der Waals surface area (Å²) in [4.78, 5) is 26.0. The van der Waals surface area contributed by atoms with Gasteiger partial charge in [0.05, 0.1) is 0 Å². The van der Waals surface area contributed by atoms with Gasteiger partial charge in [-0.1, -0.05) is 66.7 Å². The third-order valence-electron chi connectivity index (χ3n) is 4.27. The molecule has 0 bridgehead atoms. The lowest BCUT2D eigenvalue weighted by atomic mass is 9.75. The van der Waals surface area contributed by atoms with E-state index >= 15 is 0 Å². The Balaban J connectivity index is 1.89. The molecular weight excluding hydrogens is 316 g/mol. The Bertz CT molecular complexity index is 934. The second kappa shape index (κ2) is 5.91. The molecule has 0 N–H and O–H groups in total. The van der Waals surface area contributed by atoms with Gasteiger partial charge in [-0.15, -0.1) is 0 Å². The van der Waals surface area contributed by atoms with Crippen LogP contribution < -0.4 is 9.47 Å². The normalized spacial score (nSPS) is 18.3. The molecule has 4 heteroatoms. The van der Waals surface area contributed by atoms with Crippen LogP contribution in [-0.4, -0.2) is 11.9 Å². The molecule has 122 valence electrons. The van der Waals surface area contributed by atoms with E-state index in [2.05, 4.69) is 0 Å². The minimum Gasteiger partial charge on any atom is -0.425 e. The first kappa shape index (κ1) is 15.1. The lowest BCUT2D eigenvalue weighted by Gasteiger charge is -2.24. The van der Waals surface area contributed by atoms with Gasteiger partial charge < -0.3 is 9.47 Å². The average molecular weight is 330 g/mol. The highest BCUT2D eigenvalue weighted by Gasteiger charge is 2.58. The first-order valence-electron chi connectivity index (χ1n) is 7.87. The minimum atomic E-state index is -1.63. The predicted molar refractivity (Wildman–Crippen MR) is 91.4 cm³/mol. The van der Waals surface area contributed by atoms with E-state index in [9.17, 15) is 9.59 Å². The lowest BCUT2D eigenvalue weighted by Crippen LogP contribution is -2.45. The minimum absolute atomic E-state index is 0.375. The molecule has 3 aromatic rings. The van der Waals surface area contributed by atoms with Crippen LogP contribution in [0.4, 0.5) is 0 Å². The molecule has 0 aromatic heterocycles. The summed E-state index contributed by atoms with van der Waals surface area (Å²) in [5, 5.41) is 0. The van der Waals surface area contributed by atoms with Crippen LogP contribution >= 0.6 is 0 Å². The van der Waals surface area contributed by atoms with Crippen LogP contribution in [0.15, 0.2) is 84.9 Å². The fraction of sp³-hybridized carbons (Fsp3) is 0.0476. The van der Waals surface area contributed by atoms with Gasteiger partial charge >= 0.3 is 11.9 Å². The van der Waals surface area contributed by atoms with E-state index in [0.717, 1.165) is 0 Å². The van der Waals surface area contributed by atoms with Crippen molar-refractivity contribution in [3.63, 3.8) is 0 Å². The van der Waals surface area contributed by atoms with Crippen molar-refractivity contribution in [2.45, 2.75) is 5.41 Å². The molecule has 0 saturated heterocycles. The smallest absolute Gasteiger partial charge is 0.338 e. The third kappa shape index (κ3) is 2.31. The van der Waals surface area contributed by atoms with Crippen LogP contribution in [0.1, 0.15) is 11.1 Å². The zero-order chi connectivity index (χ0) is 17.3. The molecule has 0 aliphatic carbocycles. The van der Waals surface area contributed by atoms with Gasteiger partial charge in [0.25, 0.3) is 0 Å². The van der Waals surface area contributed by atoms with Crippen molar-refractivity contribution in [1.82, 2.24) is 0 Å². The maximum atomic E-state index is 13.2. The summed E-state index contributed by atoms with van der Waals surface area (Å²) in [5.74, 6) is -0.581. The Labute approximate surface area is 144 Å². The number of ether oxygens (including phenoxy) is 2. The monoisotopic (exact) mass is 330 g/mol. The van der Waals surface area contributed by atoms with E-state index in [1.165, 1.54) is 0 Å². The van der Waals surface area contributed by atoms with Gasteiger partial charge in [-0.05, 0) is 23.8 Å². The van der Waals surface area contributed by atoms with Crippen molar-refractivity contribution in [1.29, 1.82) is 0 Å². The molecular formula is C21H14O4. The lowest BCUT2D eigenvalue weighted by molar-refractivity contribution is -0.149. The summed E-state index contributed by atoms with van der Waals surface area (Å²) >= 11 is 0. The molecule has 1 atom stereocenters. The standard InChI is InChI=1S/C21H14O4/c22-19(24-16-11-5-2-6-12-16)21(15-9-3-1-4-10-15)17-13-7-8-14-18(17)25-20(21)23/h1-14H/t21-/m0/s1. The van der Waals surface area contributed by atoms with Crippen molar-refractivity contribution < 1.29 is 19.1 Å². The molecule has 0 amide bonds. The quantitative estimate of drug-likeness (QED) is 0.419. The summed E-state index contributed by atoms with van der Waals surface area (Å²) in [5.41, 5.74) is -0.619. The van der Waals surface area contributed by atoms with Gasteiger partial charge in [0, 0.05) is 5.56 Å². The Morgan fingerprint density at radius 2 is 1.40 bits per heavy atom. The summed E-state index contributed by atoms with van der Waals surface area (Å²) in [6.07, 6.45) is 0. The molecule has 0 fully saturated rings. The molecule has 4 rings (SSSR count). The fourth-order valence-corrected chi connectivity index (χ4v) is 3.10. The van der Waals surface area contributed by atoms with Gasteiger partial charge in [0.15, 0.2) is 0 Å². The maximum Gasteiger partial charge on any atom is 0.338 e. The number of para-hydroxylation sites is 2. The first-order chi connectivity index (χ1) is 12.2. The van der Waals surface area contributed by atoms with Crippen molar-refractivity contribution in [2.75, 3.05) is 0 Å². The van der Waals surface area contributed by atoms with Crippen molar-refractivity contribution in [2.24, 2.45) is 0 Å². The number of carbonyl (C=O) groups excluding carboxylic acids is 2. The van der Waals surface area contributed by atoms with Crippen molar-refractivity contribution in [3.8, 4) is 11.5 Å². The van der Waals surface area contributed by atoms with Gasteiger partial charge in [-0.3, -0.25) is 0 Å². The zero-order valence-electron chi connectivity index (χ0n) is 13.2. The highest BCUT2D eigenvalue weighted by Crippen LogP contribution is 2.45. The highest BCUT2D eigenvalue weighted by atomic mass is 16.6. The number of benzene rings is 3. The van der Waals surface area contributed by atoms with Gasteiger partial charge in [0.2, 0.25) is 5.41 Å². The van der Waals surface area contributed by atoms with Crippen LogP contribution in [0.2, 0.25) is 0 Å². The maximum absolute atomic E-state index is 13.2. The summed E-state index contributed by atoms with van der Waals surface area (Å²) in [6.45, 7) is 0. The Morgan fingerprint density at radius 1 is 0.800 bits per heavy atom. The first-order valence-corrected chi connectivity index (χ1v) is 7.87. The van der Waals surface area contributed by atoms with E-state index < -0.39 is 17.4 Å². The molecule has 0 unspecified atom stereocenters. The van der Waals surface area contributed by atoms with Gasteiger partial charge in [0.1, 0.15) is 11.5 Å². The van der Waals surface area contributed by atoms with E-state index in [4.69, 9.17) is 9.47 Å². The van der Waals surface area contributed by atoms with E-state index in [0.29, 0.717) is 22.6 Å². The van der Waals surface area contributed by atoms with Crippen LogP contribution in [-0.2, 0) is 15.0 Å². The van der Waals surface area contributed by atoms with E-state index in [1.54, 1.807) is 72.8 Å². The second-order valence-electron chi connectivity index (χ2n) is 5.70. The zero-order valence-corrected chi connectivity index (χ0v) is 13.2. The van der Waals surface area contributed by atoms with Crippen LogP contribution in [0, 0.1) is 0 Å². The number of fused-ring (bicyclic) bond motifs is 1. The SMILES string of the molecule is O=C(Oc1ccccc1)[C@@]1(c2ccccc2)C(=O)Oc2ccccc21. The van der Waals surface area contributed by atoms with Crippen molar-refractivity contribution >= 4 is 11.9 Å².